The molecule has 4 aromatic rings. The van der Waals surface area contributed by atoms with E-state index in [2.05, 4.69) is 62.6 Å². The minimum absolute atomic E-state index is 0.0410. The number of aromatic nitrogens is 3. The molecular weight excluding hydrogens is 486 g/mol. The first kappa shape index (κ1) is 26.9. The predicted octanol–water partition coefficient (Wildman–Crippen LogP) is 7.58. The van der Waals surface area contributed by atoms with Crippen LogP contribution in [0.5, 0.6) is 0 Å². The van der Waals surface area contributed by atoms with E-state index in [0.29, 0.717) is 11.6 Å². The van der Waals surface area contributed by atoms with E-state index in [1.165, 1.54) is 12.1 Å². The maximum absolute atomic E-state index is 14.5. The smallest absolute Gasteiger partial charge is 0.354 e. The van der Waals surface area contributed by atoms with Crippen LogP contribution in [0.1, 0.15) is 63.2 Å². The molecule has 0 aliphatic rings. The van der Waals surface area contributed by atoms with Gasteiger partial charge in [-0.05, 0) is 70.5 Å². The molecule has 8 heteroatoms. The van der Waals surface area contributed by atoms with Gasteiger partial charge in [-0.25, -0.2) is 14.8 Å². The molecule has 1 aromatic carbocycles. The van der Waals surface area contributed by atoms with Crippen molar-refractivity contribution in [2.24, 2.45) is 0 Å². The molecule has 196 valence electrons. The standard InChI is InChI=1S/C30H30F2N4O2/c1-29(2,3)18-15-19(30(4,5)6)17-20(16-18)36(26-12-8-10-23(34-26)28(37)38)25-11-7-9-22(33-25)21-13-14-24(31)35-27(21)32/h7-17H,1-6H3,(H,37,38). The lowest BCUT2D eigenvalue weighted by atomic mass is 9.80. The fraction of sp³-hybridized carbons (Fsp3) is 0.267. The van der Waals surface area contributed by atoms with Crippen LogP contribution in [0.4, 0.5) is 26.1 Å². The van der Waals surface area contributed by atoms with E-state index in [1.54, 1.807) is 35.2 Å². The highest BCUT2D eigenvalue weighted by Gasteiger charge is 2.25. The summed E-state index contributed by atoms with van der Waals surface area (Å²) in [5.41, 5.74) is 2.66. The second kappa shape index (κ2) is 9.93. The number of aromatic carboxylic acids is 1. The van der Waals surface area contributed by atoms with Crippen molar-refractivity contribution in [3.05, 3.63) is 95.4 Å². The number of nitrogens with zero attached hydrogens (tertiary/aromatic N) is 4. The third-order valence-electron chi connectivity index (χ3n) is 6.14. The molecule has 0 fully saturated rings. The first-order valence-corrected chi connectivity index (χ1v) is 12.2. The van der Waals surface area contributed by atoms with Crippen LogP contribution in [0.25, 0.3) is 11.3 Å². The summed E-state index contributed by atoms with van der Waals surface area (Å²) in [4.78, 5) is 25.8. The second-order valence-corrected chi connectivity index (χ2v) is 11.1. The van der Waals surface area contributed by atoms with Crippen LogP contribution in [0, 0.1) is 11.9 Å². The topological polar surface area (TPSA) is 79.2 Å². The molecule has 3 aromatic heterocycles. The van der Waals surface area contributed by atoms with Gasteiger partial charge in [-0.3, -0.25) is 4.90 Å². The summed E-state index contributed by atoms with van der Waals surface area (Å²) >= 11 is 0. The number of hydrogen-bond donors (Lipinski definition) is 1. The van der Waals surface area contributed by atoms with Gasteiger partial charge in [0.05, 0.1) is 11.3 Å². The largest absolute Gasteiger partial charge is 0.477 e. The minimum atomic E-state index is -1.16. The molecule has 0 radical (unpaired) electrons. The molecule has 38 heavy (non-hydrogen) atoms. The fourth-order valence-electron chi connectivity index (χ4n) is 3.96. The van der Waals surface area contributed by atoms with Gasteiger partial charge in [0.2, 0.25) is 11.9 Å². The van der Waals surface area contributed by atoms with E-state index in [9.17, 15) is 18.7 Å². The van der Waals surface area contributed by atoms with Crippen molar-refractivity contribution in [1.29, 1.82) is 0 Å². The predicted molar refractivity (Wildman–Crippen MR) is 144 cm³/mol. The molecule has 0 atom stereocenters. The molecule has 4 rings (SSSR count). The Balaban J connectivity index is 2.00. The van der Waals surface area contributed by atoms with Crippen LogP contribution < -0.4 is 4.90 Å². The monoisotopic (exact) mass is 516 g/mol. The van der Waals surface area contributed by atoms with E-state index in [4.69, 9.17) is 0 Å². The van der Waals surface area contributed by atoms with Crippen LogP contribution in [-0.4, -0.2) is 26.0 Å². The van der Waals surface area contributed by atoms with Gasteiger partial charge in [-0.15, -0.1) is 0 Å². The van der Waals surface area contributed by atoms with E-state index in [0.717, 1.165) is 22.9 Å². The number of rotatable bonds is 5. The van der Waals surface area contributed by atoms with Crippen LogP contribution in [0.2, 0.25) is 0 Å². The summed E-state index contributed by atoms with van der Waals surface area (Å²) in [5, 5.41) is 9.60. The Bertz CT molecular complexity index is 1470. The first-order chi connectivity index (χ1) is 17.7. The third kappa shape index (κ3) is 5.69. The lowest BCUT2D eigenvalue weighted by Gasteiger charge is -2.30. The van der Waals surface area contributed by atoms with Gasteiger partial charge in [-0.2, -0.15) is 13.8 Å². The Morgan fingerprint density at radius 3 is 1.89 bits per heavy atom. The van der Waals surface area contributed by atoms with Gasteiger partial charge in [0.15, 0.2) is 5.69 Å². The Morgan fingerprint density at radius 1 is 0.763 bits per heavy atom. The molecular formula is C30H30F2N4O2. The lowest BCUT2D eigenvalue weighted by molar-refractivity contribution is 0.0690. The van der Waals surface area contributed by atoms with Crippen molar-refractivity contribution in [3.8, 4) is 11.3 Å². The highest BCUT2D eigenvalue weighted by atomic mass is 19.1. The minimum Gasteiger partial charge on any atom is -0.477 e. The maximum atomic E-state index is 14.5. The van der Waals surface area contributed by atoms with Crippen molar-refractivity contribution in [3.63, 3.8) is 0 Å². The molecule has 3 heterocycles. The molecule has 6 nitrogen and oxygen atoms in total. The van der Waals surface area contributed by atoms with E-state index >= 15 is 0 Å². The van der Waals surface area contributed by atoms with Crippen molar-refractivity contribution < 1.29 is 18.7 Å². The average Bonchev–Trinajstić information content (AvgIpc) is 2.83. The fourth-order valence-corrected chi connectivity index (χ4v) is 3.96. The van der Waals surface area contributed by atoms with Gasteiger partial charge in [-0.1, -0.05) is 59.7 Å². The van der Waals surface area contributed by atoms with Gasteiger partial charge in [0.1, 0.15) is 11.6 Å². The molecule has 1 N–H and O–H groups in total. The Kier molecular flexibility index (Phi) is 7.02. The quantitative estimate of drug-likeness (QED) is 0.276. The van der Waals surface area contributed by atoms with Crippen molar-refractivity contribution in [2.45, 2.75) is 52.4 Å². The summed E-state index contributed by atoms with van der Waals surface area (Å²) in [7, 11) is 0. The van der Waals surface area contributed by atoms with Crippen LogP contribution >= 0.6 is 0 Å². The molecule has 0 saturated heterocycles. The van der Waals surface area contributed by atoms with Crippen LogP contribution in [-0.2, 0) is 10.8 Å². The van der Waals surface area contributed by atoms with Crippen molar-refractivity contribution >= 4 is 23.3 Å². The summed E-state index contributed by atoms with van der Waals surface area (Å²) in [5.74, 6) is -2.35. The Labute approximate surface area is 221 Å². The second-order valence-electron chi connectivity index (χ2n) is 11.1. The normalized spacial score (nSPS) is 11.9. The average molecular weight is 517 g/mol. The number of carboxylic acids is 1. The molecule has 0 bridgehead atoms. The number of carboxylic acid groups (broad SMARTS) is 1. The molecule has 0 aliphatic heterocycles. The van der Waals surface area contributed by atoms with Gasteiger partial charge in [0.25, 0.3) is 0 Å². The van der Waals surface area contributed by atoms with Gasteiger partial charge < -0.3 is 5.11 Å². The van der Waals surface area contributed by atoms with E-state index in [1.807, 2.05) is 12.1 Å². The highest BCUT2D eigenvalue weighted by Crippen LogP contribution is 2.39. The van der Waals surface area contributed by atoms with E-state index < -0.39 is 17.9 Å². The number of pyridine rings is 3. The Hall–Kier alpha value is -4.20. The highest BCUT2D eigenvalue weighted by molar-refractivity contribution is 5.86. The van der Waals surface area contributed by atoms with Gasteiger partial charge in [0, 0.05) is 5.69 Å². The number of hydrogen-bond acceptors (Lipinski definition) is 5. The number of benzene rings is 1. The zero-order chi connectivity index (χ0) is 27.8. The maximum Gasteiger partial charge on any atom is 0.354 e. The zero-order valence-electron chi connectivity index (χ0n) is 22.3. The summed E-state index contributed by atoms with van der Waals surface area (Å²) in [6.07, 6.45) is 0. The van der Waals surface area contributed by atoms with Crippen LogP contribution in [0.15, 0.2) is 66.7 Å². The number of carbonyl (C=O) groups is 1. The summed E-state index contributed by atoms with van der Waals surface area (Å²) in [6, 6.07) is 18.4. The van der Waals surface area contributed by atoms with Crippen molar-refractivity contribution in [2.75, 3.05) is 4.90 Å². The van der Waals surface area contributed by atoms with E-state index in [-0.39, 0.29) is 27.8 Å². The third-order valence-corrected chi connectivity index (χ3v) is 6.14. The van der Waals surface area contributed by atoms with Crippen molar-refractivity contribution in [1.82, 2.24) is 15.0 Å². The molecule has 0 spiro atoms. The number of anilines is 3. The Morgan fingerprint density at radius 2 is 1.34 bits per heavy atom. The molecule has 0 unspecified atom stereocenters. The summed E-state index contributed by atoms with van der Waals surface area (Å²) < 4.78 is 28.0. The molecule has 0 saturated carbocycles. The zero-order valence-corrected chi connectivity index (χ0v) is 22.3. The molecule has 0 amide bonds. The number of halogens is 2. The first-order valence-electron chi connectivity index (χ1n) is 12.2. The van der Waals surface area contributed by atoms with Gasteiger partial charge >= 0.3 is 5.97 Å². The van der Waals surface area contributed by atoms with Crippen LogP contribution in [0.3, 0.4) is 0 Å². The lowest BCUT2D eigenvalue weighted by Crippen LogP contribution is -2.20. The molecule has 0 aliphatic carbocycles. The summed E-state index contributed by atoms with van der Waals surface area (Å²) in [6.45, 7) is 12.7. The SMILES string of the molecule is CC(C)(C)c1cc(N(c2cccc(C(=O)O)n2)c2cccc(-c3ccc(F)nc3F)n2)cc(C(C)(C)C)c1.